The van der Waals surface area contributed by atoms with Crippen molar-refractivity contribution in [3.63, 3.8) is 0 Å². The number of nitrogens with zero attached hydrogens (tertiary/aromatic N) is 1. The quantitative estimate of drug-likeness (QED) is 0.632. The molecule has 13 heavy (non-hydrogen) atoms. The number of ether oxygens (including phenoxy) is 1. The SMILES string of the molecule is CC(C)Oc1ncc(CCl)cc1I. The van der Waals surface area contributed by atoms with Gasteiger partial charge in [0.05, 0.1) is 9.67 Å². The van der Waals surface area contributed by atoms with Gasteiger partial charge in [-0.25, -0.2) is 4.98 Å². The Bertz CT molecular complexity index is 291. The molecule has 72 valence electrons. The van der Waals surface area contributed by atoms with Gasteiger partial charge in [-0.05, 0) is 48.1 Å². The maximum atomic E-state index is 5.67. The summed E-state index contributed by atoms with van der Waals surface area (Å²) in [5.74, 6) is 1.18. The summed E-state index contributed by atoms with van der Waals surface area (Å²) in [6, 6.07) is 1.98. The summed E-state index contributed by atoms with van der Waals surface area (Å²) in [5.41, 5.74) is 1.02. The van der Waals surface area contributed by atoms with Crippen molar-refractivity contribution in [1.82, 2.24) is 4.98 Å². The molecule has 1 rings (SSSR count). The number of halogens is 2. The third-order valence-electron chi connectivity index (χ3n) is 1.37. The summed E-state index contributed by atoms with van der Waals surface area (Å²) >= 11 is 7.87. The van der Waals surface area contributed by atoms with Gasteiger partial charge in [0.2, 0.25) is 5.88 Å². The first-order valence-corrected chi connectivity index (χ1v) is 5.62. The third kappa shape index (κ3) is 3.31. The molecule has 1 aromatic heterocycles. The van der Waals surface area contributed by atoms with Crippen LogP contribution in [0.3, 0.4) is 0 Å². The predicted octanol–water partition coefficient (Wildman–Crippen LogP) is 3.21. The zero-order valence-corrected chi connectivity index (χ0v) is 10.5. The van der Waals surface area contributed by atoms with Crippen molar-refractivity contribution in [2.24, 2.45) is 0 Å². The average Bonchev–Trinajstić information content (AvgIpc) is 2.08. The van der Waals surface area contributed by atoms with Crippen molar-refractivity contribution in [2.75, 3.05) is 0 Å². The van der Waals surface area contributed by atoms with E-state index in [1.54, 1.807) is 6.20 Å². The number of aromatic nitrogens is 1. The highest BCUT2D eigenvalue weighted by Gasteiger charge is 2.05. The summed E-state index contributed by atoms with van der Waals surface area (Å²) in [7, 11) is 0. The van der Waals surface area contributed by atoms with Crippen LogP contribution < -0.4 is 4.74 Å². The highest BCUT2D eigenvalue weighted by atomic mass is 127. The van der Waals surface area contributed by atoms with Gasteiger partial charge in [0.1, 0.15) is 0 Å². The molecule has 0 aliphatic carbocycles. The first-order valence-electron chi connectivity index (χ1n) is 4.00. The van der Waals surface area contributed by atoms with Gasteiger partial charge < -0.3 is 4.74 Å². The van der Waals surface area contributed by atoms with Crippen molar-refractivity contribution in [3.8, 4) is 5.88 Å². The highest BCUT2D eigenvalue weighted by molar-refractivity contribution is 14.1. The summed E-state index contributed by atoms with van der Waals surface area (Å²) in [4.78, 5) is 4.18. The molecule has 0 amide bonds. The van der Waals surface area contributed by atoms with Gasteiger partial charge in [0.15, 0.2) is 0 Å². The predicted molar refractivity (Wildman–Crippen MR) is 62.3 cm³/mol. The van der Waals surface area contributed by atoms with Gasteiger partial charge in [-0.2, -0.15) is 0 Å². The molecule has 4 heteroatoms. The van der Waals surface area contributed by atoms with Crippen molar-refractivity contribution in [3.05, 3.63) is 21.4 Å². The van der Waals surface area contributed by atoms with Crippen molar-refractivity contribution < 1.29 is 4.74 Å². The zero-order valence-electron chi connectivity index (χ0n) is 7.55. The largest absolute Gasteiger partial charge is 0.474 e. The Morgan fingerprint density at radius 3 is 2.77 bits per heavy atom. The van der Waals surface area contributed by atoms with E-state index in [2.05, 4.69) is 27.6 Å². The summed E-state index contributed by atoms with van der Waals surface area (Å²) in [5, 5.41) is 0. The Labute approximate surface area is 96.8 Å². The fourth-order valence-electron chi connectivity index (χ4n) is 0.848. The normalized spacial score (nSPS) is 10.5. The summed E-state index contributed by atoms with van der Waals surface area (Å²) in [6.07, 6.45) is 1.90. The van der Waals surface area contributed by atoms with Crippen LogP contribution >= 0.6 is 34.2 Å². The fourth-order valence-corrected chi connectivity index (χ4v) is 1.66. The lowest BCUT2D eigenvalue weighted by Crippen LogP contribution is -2.08. The van der Waals surface area contributed by atoms with Crippen LogP contribution in [0.5, 0.6) is 5.88 Å². The second-order valence-corrected chi connectivity index (χ2v) is 4.36. The summed E-state index contributed by atoms with van der Waals surface area (Å²) < 4.78 is 6.49. The van der Waals surface area contributed by atoms with Crippen LogP contribution in [0, 0.1) is 3.57 Å². The topological polar surface area (TPSA) is 22.1 Å². The van der Waals surface area contributed by atoms with E-state index in [4.69, 9.17) is 16.3 Å². The third-order valence-corrected chi connectivity index (χ3v) is 2.45. The molecular formula is C9H11ClINO. The Kier molecular flexibility index (Phi) is 4.25. The number of hydrogen-bond donors (Lipinski definition) is 0. The molecule has 0 aromatic carbocycles. The van der Waals surface area contributed by atoms with Crippen LogP contribution in [0.2, 0.25) is 0 Å². The van der Waals surface area contributed by atoms with E-state index in [9.17, 15) is 0 Å². The van der Waals surface area contributed by atoms with Crippen LogP contribution in [-0.4, -0.2) is 11.1 Å². The standard InChI is InChI=1S/C9H11ClINO/c1-6(2)13-9-8(11)3-7(4-10)5-12-9/h3,5-6H,4H2,1-2H3. The Morgan fingerprint density at radius 1 is 1.62 bits per heavy atom. The second-order valence-electron chi connectivity index (χ2n) is 2.93. The van der Waals surface area contributed by atoms with E-state index in [1.165, 1.54) is 0 Å². The molecule has 0 N–H and O–H groups in total. The zero-order chi connectivity index (χ0) is 9.84. The first kappa shape index (κ1) is 11.0. The Hall–Kier alpha value is -0.0300. The lowest BCUT2D eigenvalue weighted by molar-refractivity contribution is 0.230. The van der Waals surface area contributed by atoms with Gasteiger partial charge in [0, 0.05) is 12.1 Å². The number of rotatable bonds is 3. The molecule has 1 aromatic rings. The van der Waals surface area contributed by atoms with Crippen LogP contribution in [0.25, 0.3) is 0 Å². The van der Waals surface area contributed by atoms with E-state index in [-0.39, 0.29) is 6.10 Å². The molecular weight excluding hydrogens is 300 g/mol. The lowest BCUT2D eigenvalue weighted by atomic mass is 10.3. The van der Waals surface area contributed by atoms with E-state index in [0.29, 0.717) is 11.8 Å². The minimum atomic E-state index is 0.155. The van der Waals surface area contributed by atoms with Gasteiger partial charge in [-0.1, -0.05) is 0 Å². The Balaban J connectivity index is 2.85. The molecule has 0 saturated heterocycles. The maximum Gasteiger partial charge on any atom is 0.227 e. The molecule has 0 bridgehead atoms. The molecule has 0 fully saturated rings. The van der Waals surface area contributed by atoms with Crippen molar-refractivity contribution in [2.45, 2.75) is 25.8 Å². The van der Waals surface area contributed by atoms with Gasteiger partial charge >= 0.3 is 0 Å². The lowest BCUT2D eigenvalue weighted by Gasteiger charge is -2.10. The monoisotopic (exact) mass is 311 g/mol. The van der Waals surface area contributed by atoms with E-state index in [1.807, 2.05) is 19.9 Å². The molecule has 0 spiro atoms. The van der Waals surface area contributed by atoms with E-state index < -0.39 is 0 Å². The summed E-state index contributed by atoms with van der Waals surface area (Å²) in [6.45, 7) is 3.96. The van der Waals surface area contributed by atoms with Gasteiger partial charge in [0.25, 0.3) is 0 Å². The van der Waals surface area contributed by atoms with Crippen LogP contribution in [0.4, 0.5) is 0 Å². The number of pyridine rings is 1. The minimum Gasteiger partial charge on any atom is -0.474 e. The molecule has 0 atom stereocenters. The van der Waals surface area contributed by atoms with Crippen LogP contribution in [-0.2, 0) is 5.88 Å². The van der Waals surface area contributed by atoms with Crippen molar-refractivity contribution >= 4 is 34.2 Å². The van der Waals surface area contributed by atoms with Crippen LogP contribution in [0.1, 0.15) is 19.4 Å². The molecule has 1 heterocycles. The number of alkyl halides is 1. The van der Waals surface area contributed by atoms with Crippen LogP contribution in [0.15, 0.2) is 12.3 Å². The molecule has 0 aliphatic heterocycles. The van der Waals surface area contributed by atoms with Gasteiger partial charge in [-0.15, -0.1) is 11.6 Å². The molecule has 0 radical (unpaired) electrons. The number of hydrogen-bond acceptors (Lipinski definition) is 2. The average molecular weight is 312 g/mol. The molecule has 0 saturated carbocycles. The fraction of sp³-hybridized carbons (Fsp3) is 0.444. The van der Waals surface area contributed by atoms with E-state index in [0.717, 1.165) is 9.13 Å². The smallest absolute Gasteiger partial charge is 0.227 e. The maximum absolute atomic E-state index is 5.67. The van der Waals surface area contributed by atoms with E-state index >= 15 is 0 Å². The molecule has 2 nitrogen and oxygen atoms in total. The molecule has 0 aliphatic rings. The highest BCUT2D eigenvalue weighted by Crippen LogP contribution is 2.20. The van der Waals surface area contributed by atoms with Gasteiger partial charge in [-0.3, -0.25) is 0 Å². The molecule has 0 unspecified atom stereocenters. The second kappa shape index (κ2) is 5.00. The van der Waals surface area contributed by atoms with Crippen molar-refractivity contribution in [1.29, 1.82) is 0 Å². The Morgan fingerprint density at radius 2 is 2.31 bits per heavy atom. The first-order chi connectivity index (χ1) is 6.13. The minimum absolute atomic E-state index is 0.155.